The number of benzene rings is 2. The van der Waals surface area contributed by atoms with Gasteiger partial charge in [-0.15, -0.1) is 0 Å². The van der Waals surface area contributed by atoms with Gasteiger partial charge in [-0.1, -0.05) is 30.3 Å². The third-order valence-electron chi connectivity index (χ3n) is 3.72. The molecule has 0 saturated carbocycles. The van der Waals surface area contributed by atoms with E-state index in [2.05, 4.69) is 15.7 Å². The lowest BCUT2D eigenvalue weighted by Crippen LogP contribution is -2.19. The Morgan fingerprint density at radius 2 is 1.76 bits per heavy atom. The van der Waals surface area contributed by atoms with Crippen LogP contribution in [0.3, 0.4) is 0 Å². The highest BCUT2D eigenvalue weighted by Gasteiger charge is 2.10. The maximum absolute atomic E-state index is 12.3. The average Bonchev–Trinajstić information content (AvgIpc) is 3.14. The second-order valence-electron chi connectivity index (χ2n) is 5.51. The van der Waals surface area contributed by atoms with Crippen molar-refractivity contribution >= 4 is 17.5 Å². The van der Waals surface area contributed by atoms with Gasteiger partial charge < -0.3 is 10.6 Å². The number of carbonyl (C=O) groups excluding carboxylic acids is 2. The highest BCUT2D eigenvalue weighted by atomic mass is 16.2. The van der Waals surface area contributed by atoms with Crippen LogP contribution in [0.25, 0.3) is 5.69 Å². The van der Waals surface area contributed by atoms with E-state index in [9.17, 15) is 9.59 Å². The van der Waals surface area contributed by atoms with Crippen LogP contribution in [0.5, 0.6) is 0 Å². The van der Waals surface area contributed by atoms with Crippen molar-refractivity contribution in [2.75, 3.05) is 12.4 Å². The van der Waals surface area contributed by atoms with E-state index >= 15 is 0 Å². The number of nitrogens with one attached hydrogen (secondary N) is 2. The molecule has 0 saturated heterocycles. The zero-order chi connectivity index (χ0) is 17.6. The fourth-order valence-corrected chi connectivity index (χ4v) is 2.34. The number of para-hydroxylation sites is 1. The van der Waals surface area contributed by atoms with Crippen LogP contribution in [0.4, 0.5) is 5.69 Å². The molecular weight excluding hydrogens is 316 g/mol. The Bertz CT molecular complexity index is 870. The molecule has 0 radical (unpaired) electrons. The second-order valence-corrected chi connectivity index (χ2v) is 5.51. The second kappa shape index (κ2) is 7.44. The first-order chi connectivity index (χ1) is 12.2. The summed E-state index contributed by atoms with van der Waals surface area (Å²) in [5.41, 5.74) is 2.91. The molecule has 1 aromatic heterocycles. The van der Waals surface area contributed by atoms with Gasteiger partial charge in [0, 0.05) is 18.9 Å². The van der Waals surface area contributed by atoms with Crippen molar-refractivity contribution in [3.63, 3.8) is 0 Å². The molecule has 0 aliphatic carbocycles. The Labute approximate surface area is 145 Å². The molecule has 126 valence electrons. The highest BCUT2D eigenvalue weighted by molar-refractivity contribution is 6.04. The fourth-order valence-electron chi connectivity index (χ4n) is 2.34. The lowest BCUT2D eigenvalue weighted by molar-refractivity contribution is -0.119. The van der Waals surface area contributed by atoms with Crippen molar-refractivity contribution in [1.29, 1.82) is 0 Å². The molecule has 0 aliphatic rings. The van der Waals surface area contributed by atoms with Crippen LogP contribution in [0.1, 0.15) is 15.9 Å². The summed E-state index contributed by atoms with van der Waals surface area (Å²) in [4.78, 5) is 23.7. The van der Waals surface area contributed by atoms with Crippen molar-refractivity contribution in [3.05, 3.63) is 78.1 Å². The Morgan fingerprint density at radius 3 is 2.44 bits per heavy atom. The Kier molecular flexibility index (Phi) is 4.89. The van der Waals surface area contributed by atoms with Gasteiger partial charge in [0.25, 0.3) is 5.91 Å². The number of aromatic nitrogens is 2. The fraction of sp³-hybridized carbons (Fsp3) is 0.105. The van der Waals surface area contributed by atoms with Gasteiger partial charge in [0.15, 0.2) is 0 Å². The summed E-state index contributed by atoms with van der Waals surface area (Å²) in [6.07, 6.45) is 3.53. The number of rotatable bonds is 5. The quantitative estimate of drug-likeness (QED) is 0.752. The predicted molar refractivity (Wildman–Crippen MR) is 95.7 cm³/mol. The Balaban J connectivity index is 1.66. The number of carbonyl (C=O) groups is 2. The van der Waals surface area contributed by atoms with Crippen molar-refractivity contribution in [3.8, 4) is 5.69 Å². The van der Waals surface area contributed by atoms with Gasteiger partial charge in [0.2, 0.25) is 5.91 Å². The molecule has 2 N–H and O–H groups in total. The summed E-state index contributed by atoms with van der Waals surface area (Å²) in [5.74, 6) is -0.286. The molecule has 0 spiro atoms. The minimum atomic E-state index is -0.235. The zero-order valence-electron chi connectivity index (χ0n) is 13.8. The molecule has 0 aliphatic heterocycles. The SMILES string of the molecule is CNC(=O)Cc1ccc(NC(=O)c2cnn(-c3ccccc3)c2)cc1. The van der Waals surface area contributed by atoms with E-state index in [1.807, 2.05) is 42.5 Å². The summed E-state index contributed by atoms with van der Waals surface area (Å²) >= 11 is 0. The summed E-state index contributed by atoms with van der Waals surface area (Å²) < 4.78 is 1.65. The number of hydrogen-bond acceptors (Lipinski definition) is 3. The number of anilines is 1. The Morgan fingerprint density at radius 1 is 1.04 bits per heavy atom. The Hall–Kier alpha value is -3.41. The first-order valence-corrected chi connectivity index (χ1v) is 7.86. The van der Waals surface area contributed by atoms with Crippen LogP contribution in [0, 0.1) is 0 Å². The van der Waals surface area contributed by atoms with E-state index in [0.717, 1.165) is 11.3 Å². The normalized spacial score (nSPS) is 10.3. The predicted octanol–water partition coefficient (Wildman–Crippen LogP) is 2.41. The lowest BCUT2D eigenvalue weighted by Gasteiger charge is -2.05. The molecule has 0 atom stereocenters. The largest absolute Gasteiger partial charge is 0.359 e. The monoisotopic (exact) mass is 334 g/mol. The van der Waals surface area contributed by atoms with E-state index in [-0.39, 0.29) is 11.8 Å². The number of nitrogens with zero attached hydrogens (tertiary/aromatic N) is 2. The van der Waals surface area contributed by atoms with Crippen LogP contribution < -0.4 is 10.6 Å². The van der Waals surface area contributed by atoms with E-state index in [4.69, 9.17) is 0 Å². The number of likely N-dealkylation sites (N-methyl/N-ethyl adjacent to an activating group) is 1. The smallest absolute Gasteiger partial charge is 0.258 e. The molecule has 3 aromatic rings. The summed E-state index contributed by atoms with van der Waals surface area (Å²) in [6.45, 7) is 0. The summed E-state index contributed by atoms with van der Waals surface area (Å²) in [5, 5.41) is 9.62. The maximum Gasteiger partial charge on any atom is 0.258 e. The molecule has 1 heterocycles. The minimum Gasteiger partial charge on any atom is -0.359 e. The average molecular weight is 334 g/mol. The molecule has 0 fully saturated rings. The summed E-state index contributed by atoms with van der Waals surface area (Å²) in [6, 6.07) is 16.8. The van der Waals surface area contributed by atoms with Gasteiger partial charge in [0.1, 0.15) is 0 Å². The van der Waals surface area contributed by atoms with Crippen LogP contribution in [-0.2, 0) is 11.2 Å². The van der Waals surface area contributed by atoms with Crippen molar-refractivity contribution in [1.82, 2.24) is 15.1 Å². The molecular formula is C19H18N4O2. The molecule has 6 nitrogen and oxygen atoms in total. The number of amides is 2. The number of hydrogen-bond donors (Lipinski definition) is 2. The maximum atomic E-state index is 12.3. The topological polar surface area (TPSA) is 76.0 Å². The molecule has 6 heteroatoms. The van der Waals surface area contributed by atoms with E-state index in [1.54, 1.807) is 30.1 Å². The van der Waals surface area contributed by atoms with Gasteiger partial charge in [-0.25, -0.2) is 4.68 Å². The molecule has 3 rings (SSSR count). The van der Waals surface area contributed by atoms with Crippen molar-refractivity contribution < 1.29 is 9.59 Å². The molecule has 0 unspecified atom stereocenters. The van der Waals surface area contributed by atoms with E-state index < -0.39 is 0 Å². The minimum absolute atomic E-state index is 0.0508. The first-order valence-electron chi connectivity index (χ1n) is 7.86. The van der Waals surface area contributed by atoms with Gasteiger partial charge in [-0.3, -0.25) is 9.59 Å². The van der Waals surface area contributed by atoms with Gasteiger partial charge in [-0.2, -0.15) is 5.10 Å². The van der Waals surface area contributed by atoms with Crippen LogP contribution >= 0.6 is 0 Å². The third kappa shape index (κ3) is 4.11. The van der Waals surface area contributed by atoms with E-state index in [1.165, 1.54) is 6.20 Å². The molecule has 25 heavy (non-hydrogen) atoms. The van der Waals surface area contributed by atoms with Crippen molar-refractivity contribution in [2.24, 2.45) is 0 Å². The third-order valence-corrected chi connectivity index (χ3v) is 3.72. The lowest BCUT2D eigenvalue weighted by atomic mass is 10.1. The molecule has 2 amide bonds. The molecule has 0 bridgehead atoms. The van der Waals surface area contributed by atoms with Crippen LogP contribution in [0.15, 0.2) is 67.0 Å². The van der Waals surface area contributed by atoms with Crippen LogP contribution in [0.2, 0.25) is 0 Å². The zero-order valence-corrected chi connectivity index (χ0v) is 13.8. The van der Waals surface area contributed by atoms with E-state index in [0.29, 0.717) is 17.7 Å². The van der Waals surface area contributed by atoms with Crippen molar-refractivity contribution in [2.45, 2.75) is 6.42 Å². The standard InChI is InChI=1S/C19H18N4O2/c1-20-18(24)11-14-7-9-16(10-8-14)22-19(25)15-12-21-23(13-15)17-5-3-2-4-6-17/h2-10,12-13H,11H2,1H3,(H,20,24)(H,22,25). The highest BCUT2D eigenvalue weighted by Crippen LogP contribution is 2.13. The summed E-state index contributed by atoms with van der Waals surface area (Å²) in [7, 11) is 1.60. The van der Waals surface area contributed by atoms with Gasteiger partial charge in [-0.05, 0) is 29.8 Å². The van der Waals surface area contributed by atoms with Crippen LogP contribution in [-0.4, -0.2) is 28.6 Å². The molecule has 2 aromatic carbocycles. The van der Waals surface area contributed by atoms with Gasteiger partial charge >= 0.3 is 0 Å². The first kappa shape index (κ1) is 16.4. The van der Waals surface area contributed by atoms with Gasteiger partial charge in [0.05, 0.1) is 23.9 Å².